The topological polar surface area (TPSA) is 175 Å². The number of hydrogen-bond acceptors (Lipinski definition) is 10. The Hall–Kier alpha value is -2.21. The zero-order valence-corrected chi connectivity index (χ0v) is 23.0. The van der Waals surface area contributed by atoms with Gasteiger partial charge in [-0.05, 0) is 48.7 Å². The average molecular weight is 576 g/mol. The largest absolute Gasteiger partial charge is 0.394 e. The summed E-state index contributed by atoms with van der Waals surface area (Å²) < 4.78 is 22.0. The lowest BCUT2D eigenvalue weighted by Gasteiger charge is -2.42. The Kier molecular flexibility index (Phi) is 14.6. The van der Waals surface area contributed by atoms with Crippen LogP contribution in [-0.4, -0.2) is 115 Å². The number of hydrogen-bond donors (Lipinski definition) is 8. The maximum atomic E-state index is 11.4. The van der Waals surface area contributed by atoms with Crippen LogP contribution in [0.15, 0.2) is 24.3 Å². The van der Waals surface area contributed by atoms with Crippen LogP contribution in [0.2, 0.25) is 0 Å². The lowest BCUT2D eigenvalue weighted by atomic mass is 9.97. The van der Waals surface area contributed by atoms with Crippen molar-refractivity contribution >= 4 is 51.9 Å². The normalized spacial score (nSPS) is 22.8. The van der Waals surface area contributed by atoms with Gasteiger partial charge < -0.3 is 60.9 Å². The summed E-state index contributed by atoms with van der Waals surface area (Å²) in [7, 11) is 1.75. The number of amides is 1. The van der Waals surface area contributed by atoms with Crippen molar-refractivity contribution in [2.45, 2.75) is 37.6 Å². The van der Waals surface area contributed by atoms with Gasteiger partial charge in [0, 0.05) is 31.9 Å². The van der Waals surface area contributed by atoms with Gasteiger partial charge in [-0.1, -0.05) is 0 Å². The highest BCUT2D eigenvalue weighted by Crippen LogP contribution is 2.22. The maximum absolute atomic E-state index is 11.4. The standard InChI is InChI=1S/C23H37N5O8S2/c1-14(30)26-18-20(32)19(31)17(13-29)36-21(18)35-12-11-34-10-9-33-8-7-25-23(38)28-16-5-3-15(4-6-16)27-22(37)24-2/h3-6,17-21,29,31-32H,7-13H2,1-2H3,(H,26,30)(H2,24,27,37)(H2,25,28,38)/t17?,18?,19-,20+,21+/m0/s1. The van der Waals surface area contributed by atoms with E-state index in [1.807, 2.05) is 24.3 Å². The van der Waals surface area contributed by atoms with E-state index < -0.39 is 43.2 Å². The first-order chi connectivity index (χ1) is 18.2. The van der Waals surface area contributed by atoms with Crippen LogP contribution in [0.4, 0.5) is 11.4 Å². The SMILES string of the molecule is CNC(=S)Nc1ccc(NC(=S)NCCOCCOCCO[C@@H]2OC(CO)[C@H](O)[C@H](O)C2NC(C)=O)cc1. The number of nitrogens with one attached hydrogen (secondary N) is 5. The Bertz CT molecular complexity index is 882. The van der Waals surface area contributed by atoms with Crippen molar-refractivity contribution in [3.63, 3.8) is 0 Å². The van der Waals surface area contributed by atoms with E-state index in [9.17, 15) is 20.1 Å². The highest BCUT2D eigenvalue weighted by atomic mass is 32.1. The fourth-order valence-electron chi connectivity index (χ4n) is 3.40. The Morgan fingerprint density at radius 1 is 0.947 bits per heavy atom. The Morgan fingerprint density at radius 2 is 1.53 bits per heavy atom. The van der Waals surface area contributed by atoms with Crippen molar-refractivity contribution in [1.29, 1.82) is 0 Å². The summed E-state index contributed by atoms with van der Waals surface area (Å²) in [6.45, 7) is 2.68. The van der Waals surface area contributed by atoms with Gasteiger partial charge in [0.05, 0.1) is 39.6 Å². The van der Waals surface area contributed by atoms with E-state index in [1.54, 1.807) is 7.05 Å². The van der Waals surface area contributed by atoms with Crippen molar-refractivity contribution in [2.75, 3.05) is 63.9 Å². The molecule has 2 rings (SSSR count). The molecule has 1 fully saturated rings. The smallest absolute Gasteiger partial charge is 0.217 e. The van der Waals surface area contributed by atoms with Gasteiger partial charge in [0.25, 0.3) is 0 Å². The molecule has 1 aliphatic rings. The number of thiocarbonyl (C=S) groups is 2. The average Bonchev–Trinajstić information content (AvgIpc) is 2.89. The third-order valence-corrected chi connectivity index (χ3v) is 5.84. The predicted molar refractivity (Wildman–Crippen MR) is 149 cm³/mol. The van der Waals surface area contributed by atoms with E-state index in [4.69, 9.17) is 43.4 Å². The summed E-state index contributed by atoms with van der Waals surface area (Å²) in [5.41, 5.74) is 1.70. The number of aliphatic hydroxyl groups is 3. The van der Waals surface area contributed by atoms with E-state index in [1.165, 1.54) is 6.92 Å². The molecule has 1 amide bonds. The Labute approximate surface area is 232 Å². The number of anilines is 2. The zero-order valence-electron chi connectivity index (χ0n) is 21.3. The second kappa shape index (κ2) is 17.4. The fraction of sp³-hybridized carbons (Fsp3) is 0.609. The van der Waals surface area contributed by atoms with Crippen LogP contribution < -0.4 is 26.6 Å². The highest BCUT2D eigenvalue weighted by Gasteiger charge is 2.45. The molecule has 2 unspecified atom stereocenters. The molecule has 38 heavy (non-hydrogen) atoms. The maximum Gasteiger partial charge on any atom is 0.217 e. The van der Waals surface area contributed by atoms with E-state index in [2.05, 4.69) is 26.6 Å². The van der Waals surface area contributed by atoms with E-state index in [-0.39, 0.29) is 13.2 Å². The van der Waals surface area contributed by atoms with Crippen LogP contribution in [0.5, 0.6) is 0 Å². The Balaban J connectivity index is 1.54. The molecule has 1 saturated heterocycles. The molecule has 0 saturated carbocycles. The first-order valence-corrected chi connectivity index (χ1v) is 12.9. The monoisotopic (exact) mass is 575 g/mol. The molecule has 0 aliphatic carbocycles. The van der Waals surface area contributed by atoms with Crippen LogP contribution in [0.25, 0.3) is 0 Å². The molecule has 1 aliphatic heterocycles. The third-order valence-electron chi connectivity index (χ3n) is 5.29. The zero-order chi connectivity index (χ0) is 27.9. The molecular formula is C23H37N5O8S2. The number of carbonyl (C=O) groups is 1. The first-order valence-electron chi connectivity index (χ1n) is 12.1. The number of carbonyl (C=O) groups excluding carboxylic acids is 1. The van der Waals surface area contributed by atoms with Crippen LogP contribution in [-0.2, 0) is 23.7 Å². The van der Waals surface area contributed by atoms with Crippen molar-refractivity contribution in [3.05, 3.63) is 24.3 Å². The van der Waals surface area contributed by atoms with Crippen molar-refractivity contribution in [1.82, 2.24) is 16.0 Å². The quantitative estimate of drug-likeness (QED) is 0.0990. The number of benzene rings is 1. The van der Waals surface area contributed by atoms with Crippen molar-refractivity contribution in [3.8, 4) is 0 Å². The van der Waals surface area contributed by atoms with E-state index in [0.29, 0.717) is 36.6 Å². The summed E-state index contributed by atoms with van der Waals surface area (Å²) in [6.07, 6.45) is -4.80. The van der Waals surface area contributed by atoms with E-state index >= 15 is 0 Å². The summed E-state index contributed by atoms with van der Waals surface area (Å²) in [5, 5.41) is 45.1. The van der Waals surface area contributed by atoms with Gasteiger partial charge >= 0.3 is 0 Å². The molecule has 1 heterocycles. The van der Waals surface area contributed by atoms with Crippen LogP contribution >= 0.6 is 24.4 Å². The van der Waals surface area contributed by atoms with Crippen molar-refractivity contribution < 1.29 is 39.1 Å². The molecule has 5 atom stereocenters. The van der Waals surface area contributed by atoms with E-state index in [0.717, 1.165) is 11.4 Å². The lowest BCUT2D eigenvalue weighted by Crippen LogP contribution is -2.64. The molecule has 0 aromatic heterocycles. The predicted octanol–water partition coefficient (Wildman–Crippen LogP) is -1.12. The molecule has 13 nitrogen and oxygen atoms in total. The molecule has 15 heteroatoms. The van der Waals surface area contributed by atoms with Crippen molar-refractivity contribution in [2.24, 2.45) is 0 Å². The van der Waals surface area contributed by atoms with Crippen LogP contribution in [0.1, 0.15) is 6.92 Å². The fourth-order valence-corrected chi connectivity index (χ4v) is 3.74. The van der Waals surface area contributed by atoms with Crippen LogP contribution in [0, 0.1) is 0 Å². The van der Waals surface area contributed by atoms with Crippen LogP contribution in [0.3, 0.4) is 0 Å². The van der Waals surface area contributed by atoms with Gasteiger partial charge in [-0.25, -0.2) is 0 Å². The number of rotatable bonds is 14. The summed E-state index contributed by atoms with van der Waals surface area (Å²) in [6, 6.07) is 6.53. The summed E-state index contributed by atoms with van der Waals surface area (Å²) in [5.74, 6) is -0.419. The lowest BCUT2D eigenvalue weighted by molar-refractivity contribution is -0.272. The molecule has 0 radical (unpaired) electrons. The second-order valence-electron chi connectivity index (χ2n) is 8.19. The van der Waals surface area contributed by atoms with Gasteiger partial charge in [-0.2, -0.15) is 0 Å². The van der Waals surface area contributed by atoms with Gasteiger partial charge in [-0.15, -0.1) is 0 Å². The van der Waals surface area contributed by atoms with Gasteiger partial charge in [0.15, 0.2) is 16.5 Å². The second-order valence-corrected chi connectivity index (χ2v) is 9.01. The van der Waals surface area contributed by atoms with Gasteiger partial charge in [0.1, 0.15) is 24.4 Å². The molecule has 0 bridgehead atoms. The summed E-state index contributed by atoms with van der Waals surface area (Å²) >= 11 is 10.3. The molecular weight excluding hydrogens is 538 g/mol. The molecule has 8 N–H and O–H groups in total. The van der Waals surface area contributed by atoms with Gasteiger partial charge in [-0.3, -0.25) is 4.79 Å². The third kappa shape index (κ3) is 11.3. The molecule has 1 aromatic rings. The first kappa shape index (κ1) is 32.0. The minimum absolute atomic E-state index is 0.0996. The highest BCUT2D eigenvalue weighted by molar-refractivity contribution is 7.80. The molecule has 1 aromatic carbocycles. The molecule has 0 spiro atoms. The minimum Gasteiger partial charge on any atom is -0.394 e. The number of aliphatic hydroxyl groups excluding tert-OH is 3. The Morgan fingerprint density at radius 3 is 2.11 bits per heavy atom. The minimum atomic E-state index is -1.36. The summed E-state index contributed by atoms with van der Waals surface area (Å²) in [4.78, 5) is 11.4. The van der Waals surface area contributed by atoms with Gasteiger partial charge in [0.2, 0.25) is 5.91 Å². The molecule has 214 valence electrons. The number of ether oxygens (including phenoxy) is 4.